The Labute approximate surface area is 133 Å². The molecule has 1 heterocycles. The number of nitrogen functional groups attached to an aromatic ring is 1. The van der Waals surface area contributed by atoms with Crippen LogP contribution >= 0.6 is 27.3 Å². The molecule has 0 aliphatic rings. The first-order valence-electron chi connectivity index (χ1n) is 5.91. The van der Waals surface area contributed by atoms with Crippen LogP contribution in [-0.2, 0) is 6.54 Å². The fourth-order valence-electron chi connectivity index (χ4n) is 1.69. The molecule has 6 nitrogen and oxygen atoms in total. The van der Waals surface area contributed by atoms with Crippen LogP contribution in [0, 0.1) is 6.92 Å². The Morgan fingerprint density at radius 2 is 2.19 bits per heavy atom. The number of rotatable bonds is 4. The molecule has 4 N–H and O–H groups in total. The molecule has 1 amide bonds. The Hall–Kier alpha value is -1.93. The van der Waals surface area contributed by atoms with Crippen molar-refractivity contribution in [1.29, 1.82) is 0 Å². The molecule has 0 unspecified atom stereocenters. The number of thiazole rings is 1. The van der Waals surface area contributed by atoms with E-state index in [9.17, 15) is 9.59 Å². The Balaban J connectivity index is 2.09. The molecule has 0 fully saturated rings. The summed E-state index contributed by atoms with van der Waals surface area (Å²) < 4.78 is 0.635. The van der Waals surface area contributed by atoms with Crippen molar-refractivity contribution in [3.63, 3.8) is 0 Å². The summed E-state index contributed by atoms with van der Waals surface area (Å²) in [5.74, 6) is -1.32. The van der Waals surface area contributed by atoms with Gasteiger partial charge in [-0.3, -0.25) is 4.79 Å². The van der Waals surface area contributed by atoms with Crippen molar-refractivity contribution in [3.05, 3.63) is 43.8 Å². The number of hydrogen-bond acceptors (Lipinski definition) is 5. The van der Waals surface area contributed by atoms with Gasteiger partial charge in [-0.25, -0.2) is 9.78 Å². The summed E-state index contributed by atoms with van der Waals surface area (Å²) >= 11 is 4.34. The summed E-state index contributed by atoms with van der Waals surface area (Å²) in [7, 11) is 0. The lowest BCUT2D eigenvalue weighted by Crippen LogP contribution is -2.23. The fourth-order valence-corrected chi connectivity index (χ4v) is 2.96. The molecule has 1 aromatic carbocycles. The van der Waals surface area contributed by atoms with Gasteiger partial charge in [0.15, 0.2) is 0 Å². The van der Waals surface area contributed by atoms with E-state index in [1.165, 1.54) is 0 Å². The summed E-state index contributed by atoms with van der Waals surface area (Å²) in [6, 6.07) is 4.94. The quantitative estimate of drug-likeness (QED) is 0.717. The van der Waals surface area contributed by atoms with Crippen molar-refractivity contribution in [1.82, 2.24) is 10.3 Å². The number of carboxylic acid groups (broad SMARTS) is 1. The predicted octanol–water partition coefficient (Wildman–Crippen LogP) is 2.42. The van der Waals surface area contributed by atoms with Crippen LogP contribution in [0.3, 0.4) is 0 Å². The highest BCUT2D eigenvalue weighted by atomic mass is 79.9. The molecular formula is C13H12BrN3O3S. The van der Waals surface area contributed by atoms with Gasteiger partial charge in [0.1, 0.15) is 9.88 Å². The van der Waals surface area contributed by atoms with Gasteiger partial charge in [0.05, 0.1) is 17.8 Å². The SMILES string of the molecule is Cc1nc(CNC(=O)c2cc(N)ccc2Br)sc1C(=O)O. The minimum atomic E-state index is -1.01. The second-order valence-corrected chi connectivity index (χ2v) is 6.19. The van der Waals surface area contributed by atoms with Gasteiger partial charge in [-0.2, -0.15) is 0 Å². The number of aromatic carboxylic acids is 1. The molecule has 8 heteroatoms. The van der Waals surface area contributed by atoms with Gasteiger partial charge in [0, 0.05) is 10.2 Å². The first-order chi connectivity index (χ1) is 9.88. The van der Waals surface area contributed by atoms with Crippen molar-refractivity contribution in [3.8, 4) is 0 Å². The van der Waals surface area contributed by atoms with Crippen LogP contribution < -0.4 is 11.1 Å². The predicted molar refractivity (Wildman–Crippen MR) is 83.5 cm³/mol. The molecule has 1 aromatic heterocycles. The van der Waals surface area contributed by atoms with Gasteiger partial charge in [-0.1, -0.05) is 0 Å². The average molecular weight is 370 g/mol. The molecule has 0 atom stereocenters. The lowest BCUT2D eigenvalue weighted by Gasteiger charge is -2.06. The van der Waals surface area contributed by atoms with E-state index in [1.54, 1.807) is 25.1 Å². The highest BCUT2D eigenvalue weighted by molar-refractivity contribution is 9.10. The lowest BCUT2D eigenvalue weighted by atomic mass is 10.2. The largest absolute Gasteiger partial charge is 0.477 e. The number of anilines is 1. The topological polar surface area (TPSA) is 105 Å². The van der Waals surface area contributed by atoms with E-state index >= 15 is 0 Å². The first kappa shape index (κ1) is 15.5. The second kappa shape index (κ2) is 6.23. The van der Waals surface area contributed by atoms with Crippen molar-refractivity contribution in [2.24, 2.45) is 0 Å². The van der Waals surface area contributed by atoms with Gasteiger partial charge >= 0.3 is 5.97 Å². The number of halogens is 1. The third-order valence-electron chi connectivity index (χ3n) is 2.67. The number of nitrogens with zero attached hydrogens (tertiary/aromatic N) is 1. The lowest BCUT2D eigenvalue weighted by molar-refractivity contribution is 0.0701. The van der Waals surface area contributed by atoms with Crippen LogP contribution in [0.4, 0.5) is 5.69 Å². The number of hydrogen-bond donors (Lipinski definition) is 3. The highest BCUT2D eigenvalue weighted by Crippen LogP contribution is 2.20. The van der Waals surface area contributed by atoms with E-state index in [0.717, 1.165) is 11.3 Å². The van der Waals surface area contributed by atoms with Gasteiger partial charge < -0.3 is 16.2 Å². The average Bonchev–Trinajstić information content (AvgIpc) is 2.80. The van der Waals surface area contributed by atoms with Gasteiger partial charge in [0.2, 0.25) is 0 Å². The van der Waals surface area contributed by atoms with Crippen LogP contribution in [0.15, 0.2) is 22.7 Å². The fraction of sp³-hybridized carbons (Fsp3) is 0.154. The molecule has 0 bridgehead atoms. The Morgan fingerprint density at radius 1 is 1.48 bits per heavy atom. The van der Waals surface area contributed by atoms with E-state index in [2.05, 4.69) is 26.2 Å². The zero-order chi connectivity index (χ0) is 15.6. The molecule has 0 saturated carbocycles. The van der Waals surface area contributed by atoms with Crippen molar-refractivity contribution < 1.29 is 14.7 Å². The number of nitrogens with two attached hydrogens (primary N) is 1. The standard InChI is InChI=1S/C13H12BrN3O3S/c1-6-11(13(19)20)21-10(17-6)5-16-12(18)8-4-7(15)2-3-9(8)14/h2-4H,5,15H2,1H3,(H,16,18)(H,19,20). The van der Waals surface area contributed by atoms with E-state index in [1.807, 2.05) is 0 Å². The molecule has 0 radical (unpaired) electrons. The van der Waals surface area contributed by atoms with Crippen LogP contribution in [0.1, 0.15) is 30.7 Å². The summed E-state index contributed by atoms with van der Waals surface area (Å²) in [5.41, 5.74) is 7.00. The van der Waals surface area contributed by atoms with Crippen molar-refractivity contribution >= 4 is 44.8 Å². The Morgan fingerprint density at radius 3 is 2.81 bits per heavy atom. The molecule has 0 saturated heterocycles. The zero-order valence-electron chi connectivity index (χ0n) is 11.0. The maximum atomic E-state index is 12.1. The van der Waals surface area contributed by atoms with Crippen LogP contribution in [0.5, 0.6) is 0 Å². The van der Waals surface area contributed by atoms with E-state index in [-0.39, 0.29) is 17.3 Å². The minimum Gasteiger partial charge on any atom is -0.477 e. The summed E-state index contributed by atoms with van der Waals surface area (Å²) in [4.78, 5) is 27.3. The third-order valence-corrected chi connectivity index (χ3v) is 4.51. The number of carboxylic acids is 1. The summed E-state index contributed by atoms with van der Waals surface area (Å²) in [6.07, 6.45) is 0. The summed E-state index contributed by atoms with van der Waals surface area (Å²) in [5, 5.41) is 12.2. The van der Waals surface area contributed by atoms with E-state index in [0.29, 0.717) is 26.4 Å². The number of carbonyl (C=O) groups excluding carboxylic acids is 1. The van der Waals surface area contributed by atoms with E-state index < -0.39 is 5.97 Å². The number of benzene rings is 1. The first-order valence-corrected chi connectivity index (χ1v) is 7.52. The summed E-state index contributed by atoms with van der Waals surface area (Å²) in [6.45, 7) is 1.79. The monoisotopic (exact) mass is 369 g/mol. The van der Waals surface area contributed by atoms with Gasteiger partial charge in [-0.15, -0.1) is 11.3 Å². The molecule has 2 aromatic rings. The van der Waals surface area contributed by atoms with Crippen molar-refractivity contribution in [2.75, 3.05) is 5.73 Å². The molecule has 0 aliphatic carbocycles. The maximum Gasteiger partial charge on any atom is 0.347 e. The highest BCUT2D eigenvalue weighted by Gasteiger charge is 2.15. The number of aromatic nitrogens is 1. The number of amides is 1. The molecular weight excluding hydrogens is 358 g/mol. The minimum absolute atomic E-state index is 0.166. The molecule has 110 valence electrons. The van der Waals surface area contributed by atoms with Crippen molar-refractivity contribution in [2.45, 2.75) is 13.5 Å². The number of carbonyl (C=O) groups is 2. The zero-order valence-corrected chi connectivity index (χ0v) is 13.4. The van der Waals surface area contributed by atoms with Crippen LogP contribution in [0.25, 0.3) is 0 Å². The molecule has 21 heavy (non-hydrogen) atoms. The van der Waals surface area contributed by atoms with Gasteiger partial charge in [0.25, 0.3) is 5.91 Å². The third kappa shape index (κ3) is 3.59. The maximum absolute atomic E-state index is 12.1. The molecule has 0 aliphatic heterocycles. The Bertz CT molecular complexity index is 715. The number of nitrogens with one attached hydrogen (secondary N) is 1. The van der Waals surface area contributed by atoms with Crippen LogP contribution in [0.2, 0.25) is 0 Å². The van der Waals surface area contributed by atoms with E-state index in [4.69, 9.17) is 10.8 Å². The van der Waals surface area contributed by atoms with Gasteiger partial charge in [-0.05, 0) is 41.1 Å². The normalized spacial score (nSPS) is 10.4. The van der Waals surface area contributed by atoms with Crippen LogP contribution in [-0.4, -0.2) is 22.0 Å². The molecule has 2 rings (SSSR count). The number of aryl methyl sites for hydroxylation is 1. The second-order valence-electron chi connectivity index (χ2n) is 4.25. The smallest absolute Gasteiger partial charge is 0.347 e. The molecule has 0 spiro atoms. The Kier molecular flexibility index (Phi) is 4.59.